The summed E-state index contributed by atoms with van der Waals surface area (Å²) >= 11 is 0. The summed E-state index contributed by atoms with van der Waals surface area (Å²) in [5.41, 5.74) is 6.94. The van der Waals surface area contributed by atoms with E-state index in [1.165, 1.54) is 27.8 Å². The first-order chi connectivity index (χ1) is 10.1. The zero-order chi connectivity index (χ0) is 15.2. The van der Waals surface area contributed by atoms with E-state index in [4.69, 9.17) is 0 Å². The number of benzene rings is 2. The molecule has 0 aromatic heterocycles. The summed E-state index contributed by atoms with van der Waals surface area (Å²) in [4.78, 5) is 0. The lowest BCUT2D eigenvalue weighted by Gasteiger charge is -2.21. The molecule has 0 aliphatic rings. The van der Waals surface area contributed by atoms with Gasteiger partial charge in [0.15, 0.2) is 0 Å². The number of likely N-dealkylation sites (N-methyl/N-ethyl adjacent to an activating group) is 1. The van der Waals surface area contributed by atoms with Gasteiger partial charge >= 0.3 is 0 Å². The number of aryl methyl sites for hydroxylation is 3. The highest BCUT2D eigenvalue weighted by atomic mass is 14.9. The molecule has 2 aromatic carbocycles. The fourth-order valence-corrected chi connectivity index (χ4v) is 2.82. The van der Waals surface area contributed by atoms with Crippen LogP contribution in [0.15, 0.2) is 42.5 Å². The quantitative estimate of drug-likeness (QED) is 0.805. The molecule has 1 atom stereocenters. The Morgan fingerprint density at radius 2 is 1.57 bits per heavy atom. The van der Waals surface area contributed by atoms with Crippen LogP contribution in [-0.4, -0.2) is 6.54 Å². The molecule has 1 unspecified atom stereocenters. The summed E-state index contributed by atoms with van der Waals surface area (Å²) in [7, 11) is 0. The summed E-state index contributed by atoms with van der Waals surface area (Å²) in [5.74, 6) is 0. The summed E-state index contributed by atoms with van der Waals surface area (Å²) < 4.78 is 0. The molecule has 2 aromatic rings. The van der Waals surface area contributed by atoms with Gasteiger partial charge in [0.25, 0.3) is 0 Å². The van der Waals surface area contributed by atoms with Crippen molar-refractivity contribution >= 4 is 0 Å². The van der Waals surface area contributed by atoms with Gasteiger partial charge in [0, 0.05) is 6.04 Å². The first kappa shape index (κ1) is 15.8. The van der Waals surface area contributed by atoms with Crippen molar-refractivity contribution in [2.45, 2.75) is 46.6 Å². The van der Waals surface area contributed by atoms with E-state index >= 15 is 0 Å². The summed E-state index contributed by atoms with van der Waals surface area (Å²) in [6, 6.07) is 16.2. The highest BCUT2D eigenvalue weighted by Crippen LogP contribution is 2.23. The fourth-order valence-electron chi connectivity index (χ4n) is 2.82. The van der Waals surface area contributed by atoms with Crippen LogP contribution >= 0.6 is 0 Å². The van der Waals surface area contributed by atoms with Crippen molar-refractivity contribution in [2.75, 3.05) is 6.54 Å². The van der Waals surface area contributed by atoms with Crippen molar-refractivity contribution in [3.8, 4) is 0 Å². The molecule has 0 saturated heterocycles. The van der Waals surface area contributed by atoms with Crippen molar-refractivity contribution in [3.63, 3.8) is 0 Å². The van der Waals surface area contributed by atoms with E-state index < -0.39 is 0 Å². The Balaban J connectivity index is 2.23. The second-order valence-electron chi connectivity index (χ2n) is 5.84. The average Bonchev–Trinajstić information content (AvgIpc) is 2.50. The van der Waals surface area contributed by atoms with Gasteiger partial charge in [0.05, 0.1) is 0 Å². The van der Waals surface area contributed by atoms with Crippen LogP contribution in [0.2, 0.25) is 0 Å². The molecule has 1 heteroatoms. The van der Waals surface area contributed by atoms with Gasteiger partial charge in [-0.2, -0.15) is 0 Å². The van der Waals surface area contributed by atoms with Crippen molar-refractivity contribution < 1.29 is 0 Å². The van der Waals surface area contributed by atoms with E-state index in [0.29, 0.717) is 6.04 Å². The lowest BCUT2D eigenvalue weighted by molar-refractivity contribution is 0.547. The highest BCUT2D eigenvalue weighted by molar-refractivity contribution is 5.34. The Morgan fingerprint density at radius 3 is 2.19 bits per heavy atom. The van der Waals surface area contributed by atoms with E-state index in [0.717, 1.165) is 19.4 Å². The van der Waals surface area contributed by atoms with Crippen LogP contribution < -0.4 is 5.32 Å². The van der Waals surface area contributed by atoms with Gasteiger partial charge in [0.2, 0.25) is 0 Å². The smallest absolute Gasteiger partial charge is 0.0363 e. The molecule has 0 bridgehead atoms. The molecule has 112 valence electrons. The van der Waals surface area contributed by atoms with Crippen LogP contribution in [0.1, 0.15) is 47.7 Å². The number of rotatable bonds is 6. The monoisotopic (exact) mass is 281 g/mol. The predicted octanol–water partition coefficient (Wildman–Crippen LogP) is 4.76. The average molecular weight is 281 g/mol. The molecular formula is C20H27N. The van der Waals surface area contributed by atoms with Gasteiger partial charge in [-0.05, 0) is 55.5 Å². The van der Waals surface area contributed by atoms with Gasteiger partial charge in [-0.15, -0.1) is 0 Å². The first-order valence-electron chi connectivity index (χ1n) is 8.02. The maximum atomic E-state index is 3.64. The van der Waals surface area contributed by atoms with Gasteiger partial charge < -0.3 is 5.32 Å². The second-order valence-corrected chi connectivity index (χ2v) is 5.84. The Hall–Kier alpha value is -1.60. The number of nitrogens with one attached hydrogen (secondary N) is 1. The van der Waals surface area contributed by atoms with E-state index in [1.807, 2.05) is 0 Å². The van der Waals surface area contributed by atoms with E-state index in [2.05, 4.69) is 75.5 Å². The highest BCUT2D eigenvalue weighted by Gasteiger charge is 2.13. The maximum Gasteiger partial charge on any atom is 0.0363 e. The molecule has 0 amide bonds. The zero-order valence-corrected chi connectivity index (χ0v) is 13.7. The SMILES string of the molecule is CCNC(Cc1ccc(CC)cc1)c1cc(C)ccc1C. The van der Waals surface area contributed by atoms with Crippen LogP contribution in [-0.2, 0) is 12.8 Å². The molecular weight excluding hydrogens is 254 g/mol. The molecule has 0 spiro atoms. The Morgan fingerprint density at radius 1 is 0.905 bits per heavy atom. The molecule has 0 aliphatic carbocycles. The first-order valence-corrected chi connectivity index (χ1v) is 8.02. The minimum absolute atomic E-state index is 0.391. The summed E-state index contributed by atoms with van der Waals surface area (Å²) in [6.07, 6.45) is 2.15. The topological polar surface area (TPSA) is 12.0 Å². The largest absolute Gasteiger partial charge is 0.310 e. The Bertz CT molecular complexity index is 569. The molecule has 1 N–H and O–H groups in total. The number of hydrogen-bond donors (Lipinski definition) is 1. The molecule has 21 heavy (non-hydrogen) atoms. The Labute approximate surface area is 129 Å². The fraction of sp³-hybridized carbons (Fsp3) is 0.400. The molecule has 0 fully saturated rings. The Kier molecular flexibility index (Phi) is 5.58. The molecule has 0 radical (unpaired) electrons. The van der Waals surface area contributed by atoms with Crippen LogP contribution in [0.4, 0.5) is 0 Å². The normalized spacial score (nSPS) is 12.4. The van der Waals surface area contributed by atoms with Crippen molar-refractivity contribution in [1.82, 2.24) is 5.32 Å². The van der Waals surface area contributed by atoms with Gasteiger partial charge in [-0.25, -0.2) is 0 Å². The van der Waals surface area contributed by atoms with Crippen LogP contribution in [0, 0.1) is 13.8 Å². The van der Waals surface area contributed by atoms with Crippen molar-refractivity contribution in [2.24, 2.45) is 0 Å². The standard InChI is InChI=1S/C20H27N/c1-5-17-9-11-18(12-10-17)14-20(21-6-2)19-13-15(3)7-8-16(19)4/h7-13,20-21H,5-6,14H2,1-4H3. The molecule has 1 nitrogen and oxygen atoms in total. The molecule has 2 rings (SSSR count). The van der Waals surface area contributed by atoms with Crippen LogP contribution in [0.5, 0.6) is 0 Å². The van der Waals surface area contributed by atoms with Gasteiger partial charge in [-0.3, -0.25) is 0 Å². The minimum Gasteiger partial charge on any atom is -0.310 e. The molecule has 0 aliphatic heterocycles. The third-order valence-electron chi connectivity index (χ3n) is 4.13. The summed E-state index contributed by atoms with van der Waals surface area (Å²) in [5, 5.41) is 3.64. The summed E-state index contributed by atoms with van der Waals surface area (Å²) in [6.45, 7) is 9.75. The third kappa shape index (κ3) is 4.18. The predicted molar refractivity (Wildman–Crippen MR) is 91.9 cm³/mol. The maximum absolute atomic E-state index is 3.64. The lowest BCUT2D eigenvalue weighted by Crippen LogP contribution is -2.23. The molecule has 0 heterocycles. The van der Waals surface area contributed by atoms with Crippen molar-refractivity contribution in [1.29, 1.82) is 0 Å². The molecule has 0 saturated carbocycles. The van der Waals surface area contributed by atoms with Crippen molar-refractivity contribution in [3.05, 3.63) is 70.3 Å². The lowest BCUT2D eigenvalue weighted by atomic mass is 9.93. The minimum atomic E-state index is 0.391. The third-order valence-corrected chi connectivity index (χ3v) is 4.13. The zero-order valence-electron chi connectivity index (χ0n) is 13.7. The van der Waals surface area contributed by atoms with Gasteiger partial charge in [0.1, 0.15) is 0 Å². The van der Waals surface area contributed by atoms with Crippen LogP contribution in [0.3, 0.4) is 0 Å². The number of hydrogen-bond acceptors (Lipinski definition) is 1. The second kappa shape index (κ2) is 7.42. The van der Waals surface area contributed by atoms with E-state index in [1.54, 1.807) is 0 Å². The van der Waals surface area contributed by atoms with Gasteiger partial charge in [-0.1, -0.05) is 61.9 Å². The van der Waals surface area contributed by atoms with E-state index in [-0.39, 0.29) is 0 Å². The van der Waals surface area contributed by atoms with Crippen LogP contribution in [0.25, 0.3) is 0 Å². The van der Waals surface area contributed by atoms with E-state index in [9.17, 15) is 0 Å².